The van der Waals surface area contributed by atoms with Crippen molar-refractivity contribution in [1.82, 2.24) is 19.5 Å². The molecule has 1 aliphatic rings. The first-order valence-corrected chi connectivity index (χ1v) is 12.2. The Morgan fingerprint density at radius 3 is 2.40 bits per heavy atom. The second-order valence-corrected chi connectivity index (χ2v) is 10.1. The molecule has 4 rings (SSSR count). The number of rotatable bonds is 7. The highest BCUT2D eigenvalue weighted by Crippen LogP contribution is 2.39. The summed E-state index contributed by atoms with van der Waals surface area (Å²) in [4.78, 5) is 24.9. The highest BCUT2D eigenvalue weighted by Gasteiger charge is 2.27. The highest BCUT2D eigenvalue weighted by molar-refractivity contribution is 7.89. The van der Waals surface area contributed by atoms with E-state index in [1.807, 2.05) is 0 Å². The summed E-state index contributed by atoms with van der Waals surface area (Å²) in [5, 5.41) is 13.1. The van der Waals surface area contributed by atoms with Crippen molar-refractivity contribution in [2.75, 3.05) is 0 Å². The van der Waals surface area contributed by atoms with Gasteiger partial charge in [-0.05, 0) is 37.1 Å². The maximum Gasteiger partial charge on any atom is 0.349 e. The van der Waals surface area contributed by atoms with E-state index in [-0.39, 0.29) is 33.3 Å². The molecule has 186 valence electrons. The van der Waals surface area contributed by atoms with E-state index in [0.29, 0.717) is 17.5 Å². The van der Waals surface area contributed by atoms with E-state index in [1.54, 1.807) is 4.98 Å². The first-order chi connectivity index (χ1) is 16.5. The molecule has 0 atom stereocenters. The Hall–Kier alpha value is -3.00. The van der Waals surface area contributed by atoms with Crippen molar-refractivity contribution in [2.45, 2.75) is 36.6 Å². The van der Waals surface area contributed by atoms with Crippen LogP contribution >= 0.6 is 23.2 Å². The van der Waals surface area contributed by atoms with Gasteiger partial charge in [-0.1, -0.05) is 29.6 Å². The third-order valence-corrected chi connectivity index (χ3v) is 7.27. The maximum absolute atomic E-state index is 13.0. The van der Waals surface area contributed by atoms with Crippen LogP contribution in [0.3, 0.4) is 0 Å². The van der Waals surface area contributed by atoms with Crippen LogP contribution in [0.2, 0.25) is 10.0 Å². The van der Waals surface area contributed by atoms with Gasteiger partial charge in [0.1, 0.15) is 16.4 Å². The van der Waals surface area contributed by atoms with Gasteiger partial charge in [-0.3, -0.25) is 9.78 Å². The van der Waals surface area contributed by atoms with Gasteiger partial charge in [0.25, 0.3) is 12.0 Å². The van der Waals surface area contributed by atoms with Gasteiger partial charge < -0.3 is 9.84 Å². The lowest BCUT2D eigenvalue weighted by Gasteiger charge is -2.26. The molecule has 1 aromatic heterocycles. The number of sulfonamides is 1. The van der Waals surface area contributed by atoms with Crippen LogP contribution in [0.15, 0.2) is 44.8 Å². The molecule has 0 unspecified atom stereocenters. The SMILES string of the molecule is O=c1[nH]c(=O)n(-c2cc(Cl)c(Oc3ccc(O)c(S(=O)(=O)NC4CCC4)c3)c(Cl)c2)nc1C(F)F. The van der Waals surface area contributed by atoms with E-state index in [2.05, 4.69) is 9.82 Å². The van der Waals surface area contributed by atoms with E-state index < -0.39 is 44.0 Å². The van der Waals surface area contributed by atoms with Gasteiger partial charge in [-0.15, -0.1) is 0 Å². The third-order valence-electron chi connectivity index (χ3n) is 5.16. The van der Waals surface area contributed by atoms with Crippen molar-refractivity contribution in [3.8, 4) is 22.9 Å². The van der Waals surface area contributed by atoms with Crippen molar-refractivity contribution >= 4 is 33.2 Å². The van der Waals surface area contributed by atoms with Crippen LogP contribution in [0, 0.1) is 0 Å². The largest absolute Gasteiger partial charge is 0.507 e. The molecule has 15 heteroatoms. The summed E-state index contributed by atoms with van der Waals surface area (Å²) in [5.41, 5.74) is -3.75. The number of nitrogens with zero attached hydrogens (tertiary/aromatic N) is 2. The monoisotopic (exact) mass is 548 g/mol. The molecule has 0 amide bonds. The minimum absolute atomic E-state index is 0.0346. The summed E-state index contributed by atoms with van der Waals surface area (Å²) >= 11 is 12.4. The van der Waals surface area contributed by atoms with Gasteiger partial charge in [-0.25, -0.2) is 26.7 Å². The zero-order valence-electron chi connectivity index (χ0n) is 17.5. The lowest BCUT2D eigenvalue weighted by Crippen LogP contribution is -2.39. The second-order valence-electron chi connectivity index (χ2n) is 7.58. The van der Waals surface area contributed by atoms with Crippen molar-refractivity contribution < 1.29 is 27.0 Å². The van der Waals surface area contributed by atoms with Crippen LogP contribution in [0.4, 0.5) is 8.78 Å². The summed E-state index contributed by atoms with van der Waals surface area (Å²) < 4.78 is 59.9. The number of halogens is 4. The molecular weight excluding hydrogens is 533 g/mol. The first kappa shape index (κ1) is 25.1. The average molecular weight is 549 g/mol. The Balaban J connectivity index is 1.68. The topological polar surface area (TPSA) is 143 Å². The predicted octanol–water partition coefficient (Wildman–Crippen LogP) is 3.49. The van der Waals surface area contributed by atoms with Crippen LogP contribution < -0.4 is 20.7 Å². The molecule has 0 saturated heterocycles. The second kappa shape index (κ2) is 9.57. The Morgan fingerprint density at radius 1 is 1.17 bits per heavy atom. The number of aromatic hydroxyl groups is 1. The standard InChI is InChI=1S/C20H16Cl2F2N4O6S/c21-12-6-10(28-20(31)25-19(30)16(26-28)18(23)24)7-13(22)17(12)34-11-4-5-14(29)15(8-11)35(32,33)27-9-2-1-3-9/h4-9,18,27,29H,1-3H2,(H,25,30,31). The Bertz CT molecular complexity index is 1500. The van der Waals surface area contributed by atoms with Gasteiger partial charge in [-0.2, -0.15) is 9.78 Å². The van der Waals surface area contributed by atoms with Gasteiger partial charge in [0.2, 0.25) is 10.0 Å². The molecule has 1 saturated carbocycles. The number of ether oxygens (including phenoxy) is 1. The quantitative estimate of drug-likeness (QED) is 0.410. The number of aromatic nitrogens is 3. The highest BCUT2D eigenvalue weighted by atomic mass is 35.5. The number of phenols is 1. The van der Waals surface area contributed by atoms with Gasteiger partial charge in [0, 0.05) is 12.1 Å². The molecule has 1 aliphatic carbocycles. The first-order valence-electron chi connectivity index (χ1n) is 10.0. The smallest absolute Gasteiger partial charge is 0.349 e. The number of alkyl halides is 2. The number of hydrogen-bond donors (Lipinski definition) is 3. The lowest BCUT2D eigenvalue weighted by molar-refractivity contribution is 0.141. The fraction of sp³-hybridized carbons (Fsp3) is 0.250. The average Bonchev–Trinajstić information content (AvgIpc) is 2.74. The molecule has 2 aromatic carbocycles. The minimum atomic E-state index is -4.03. The van der Waals surface area contributed by atoms with E-state index >= 15 is 0 Å². The zero-order valence-corrected chi connectivity index (χ0v) is 19.8. The van der Waals surface area contributed by atoms with E-state index in [4.69, 9.17) is 27.9 Å². The fourth-order valence-electron chi connectivity index (χ4n) is 3.20. The maximum atomic E-state index is 13.0. The molecule has 0 radical (unpaired) electrons. The minimum Gasteiger partial charge on any atom is -0.507 e. The van der Waals surface area contributed by atoms with Gasteiger partial charge >= 0.3 is 5.69 Å². The summed E-state index contributed by atoms with van der Waals surface area (Å²) in [6.45, 7) is 0. The van der Waals surface area contributed by atoms with Gasteiger partial charge in [0.15, 0.2) is 11.4 Å². The summed E-state index contributed by atoms with van der Waals surface area (Å²) in [7, 11) is -4.03. The number of hydrogen-bond acceptors (Lipinski definition) is 7. The molecule has 0 aliphatic heterocycles. The summed E-state index contributed by atoms with van der Waals surface area (Å²) in [6.07, 6.45) is -0.947. The Kier molecular flexibility index (Phi) is 6.86. The third kappa shape index (κ3) is 5.17. The molecule has 3 N–H and O–H groups in total. The van der Waals surface area contributed by atoms with Crippen LogP contribution in [0.5, 0.6) is 17.2 Å². The molecule has 1 heterocycles. The van der Waals surface area contributed by atoms with Crippen molar-refractivity contribution in [2.24, 2.45) is 0 Å². The van der Waals surface area contributed by atoms with E-state index in [9.17, 15) is 31.9 Å². The van der Waals surface area contributed by atoms with E-state index in [0.717, 1.165) is 30.7 Å². The molecule has 0 bridgehead atoms. The fourth-order valence-corrected chi connectivity index (χ4v) is 5.17. The Labute approximate surface area is 206 Å². The molecule has 0 spiro atoms. The zero-order chi connectivity index (χ0) is 25.5. The van der Waals surface area contributed by atoms with E-state index in [1.165, 1.54) is 6.07 Å². The molecule has 1 fully saturated rings. The number of aromatic amines is 1. The van der Waals surface area contributed by atoms with Crippen molar-refractivity contribution in [1.29, 1.82) is 0 Å². The van der Waals surface area contributed by atoms with Crippen LogP contribution in [0.1, 0.15) is 31.4 Å². The normalized spacial score (nSPS) is 14.2. The molecular formula is C20H16Cl2F2N4O6S. The van der Waals surface area contributed by atoms with Crippen molar-refractivity contribution in [3.63, 3.8) is 0 Å². The molecule has 3 aromatic rings. The van der Waals surface area contributed by atoms with Crippen LogP contribution in [0.25, 0.3) is 5.69 Å². The molecule has 10 nitrogen and oxygen atoms in total. The predicted molar refractivity (Wildman–Crippen MR) is 122 cm³/mol. The number of phenolic OH excluding ortho intramolecular Hbond substituents is 1. The van der Waals surface area contributed by atoms with Crippen LogP contribution in [-0.4, -0.2) is 34.3 Å². The Morgan fingerprint density at radius 2 is 1.83 bits per heavy atom. The van der Waals surface area contributed by atoms with Gasteiger partial charge in [0.05, 0.1) is 15.7 Å². The van der Waals surface area contributed by atoms with Crippen molar-refractivity contribution in [3.05, 3.63) is 66.9 Å². The summed E-state index contributed by atoms with van der Waals surface area (Å²) in [6, 6.07) is 5.52. The number of H-pyrrole nitrogens is 1. The molecule has 35 heavy (non-hydrogen) atoms. The van der Waals surface area contributed by atoms with Crippen LogP contribution in [-0.2, 0) is 10.0 Å². The number of nitrogens with one attached hydrogen (secondary N) is 2. The lowest BCUT2D eigenvalue weighted by atomic mass is 9.94. The number of benzene rings is 2. The summed E-state index contributed by atoms with van der Waals surface area (Å²) in [5.74, 6) is -0.674.